The van der Waals surface area contributed by atoms with Crippen LogP contribution >= 0.6 is 11.6 Å². The number of benzene rings is 2. The highest BCUT2D eigenvalue weighted by Gasteiger charge is 2.14. The average molecular weight is 389 g/mol. The zero-order chi connectivity index (χ0) is 19.8. The Morgan fingerprint density at radius 3 is 2.59 bits per heavy atom. The van der Waals surface area contributed by atoms with Gasteiger partial charge in [-0.2, -0.15) is 0 Å². The second-order valence-electron chi connectivity index (χ2n) is 5.57. The van der Waals surface area contributed by atoms with Gasteiger partial charge in [0.2, 0.25) is 0 Å². The normalized spacial score (nSPS) is 11.8. The Hall–Kier alpha value is -3.19. The van der Waals surface area contributed by atoms with Gasteiger partial charge in [-0.25, -0.2) is 4.79 Å². The van der Waals surface area contributed by atoms with Crippen LogP contribution < -0.4 is 5.32 Å². The Kier molecular flexibility index (Phi) is 7.08. The van der Waals surface area contributed by atoms with Crippen LogP contribution in [0.2, 0.25) is 5.02 Å². The Bertz CT molecular complexity index is 882. The van der Waals surface area contributed by atoms with Gasteiger partial charge in [-0.05, 0) is 30.7 Å². The number of para-hydroxylation sites is 1. The molecule has 0 aliphatic rings. The molecule has 1 N–H and O–H groups in total. The van der Waals surface area contributed by atoms with Crippen molar-refractivity contribution in [3.63, 3.8) is 0 Å². The number of carbonyl (C=O) groups is 2. The standard InChI is InChI=1S/C19H17ClN2O5/c1-13(15-7-3-4-8-16(15)20)21-18(23)12-27-19(24)11-10-14-6-2-5-9-17(14)22(25)26/h2-11,13H,12H2,1H3,(H,21,23)/b11-10+/t13-/m1/s1. The molecule has 0 saturated carbocycles. The van der Waals surface area contributed by atoms with E-state index in [2.05, 4.69) is 5.32 Å². The molecule has 8 heteroatoms. The Morgan fingerprint density at radius 2 is 1.89 bits per heavy atom. The predicted octanol–water partition coefficient (Wildman–Crippen LogP) is 3.68. The van der Waals surface area contributed by atoms with Crippen molar-refractivity contribution < 1.29 is 19.2 Å². The Labute approximate surface area is 160 Å². The van der Waals surface area contributed by atoms with Gasteiger partial charge in [0, 0.05) is 17.2 Å². The van der Waals surface area contributed by atoms with Crippen LogP contribution in [-0.4, -0.2) is 23.4 Å². The fourth-order valence-corrected chi connectivity index (χ4v) is 2.62. The summed E-state index contributed by atoms with van der Waals surface area (Å²) in [6.07, 6.45) is 2.30. The first kappa shape index (κ1) is 20.1. The molecular formula is C19H17ClN2O5. The molecule has 0 aromatic heterocycles. The summed E-state index contributed by atoms with van der Waals surface area (Å²) in [5.41, 5.74) is 0.874. The van der Waals surface area contributed by atoms with E-state index in [0.717, 1.165) is 11.6 Å². The summed E-state index contributed by atoms with van der Waals surface area (Å²) in [5, 5.41) is 14.1. The van der Waals surface area contributed by atoms with Gasteiger partial charge >= 0.3 is 5.97 Å². The summed E-state index contributed by atoms with van der Waals surface area (Å²) in [6, 6.07) is 12.7. The molecule has 0 aliphatic carbocycles. The van der Waals surface area contributed by atoms with E-state index in [0.29, 0.717) is 5.02 Å². The van der Waals surface area contributed by atoms with E-state index >= 15 is 0 Å². The number of carbonyl (C=O) groups excluding carboxylic acids is 2. The van der Waals surface area contributed by atoms with Crippen LogP contribution in [0.5, 0.6) is 0 Å². The SMILES string of the molecule is C[C@@H](NC(=O)COC(=O)/C=C/c1ccccc1[N+](=O)[O-])c1ccccc1Cl. The number of nitrogens with zero attached hydrogens (tertiary/aromatic N) is 1. The second-order valence-corrected chi connectivity index (χ2v) is 5.97. The van der Waals surface area contributed by atoms with Crippen molar-refractivity contribution >= 4 is 35.2 Å². The number of amides is 1. The first-order valence-electron chi connectivity index (χ1n) is 8.00. The number of nitrogens with one attached hydrogen (secondary N) is 1. The molecule has 0 radical (unpaired) electrons. The molecule has 0 fully saturated rings. The van der Waals surface area contributed by atoms with Crippen molar-refractivity contribution in [2.45, 2.75) is 13.0 Å². The van der Waals surface area contributed by atoms with Crippen LogP contribution in [0.3, 0.4) is 0 Å². The van der Waals surface area contributed by atoms with E-state index < -0.39 is 23.4 Å². The average Bonchev–Trinajstić information content (AvgIpc) is 2.65. The number of rotatable bonds is 7. The monoisotopic (exact) mass is 388 g/mol. The van der Waals surface area contributed by atoms with Gasteiger partial charge < -0.3 is 10.1 Å². The van der Waals surface area contributed by atoms with E-state index in [-0.39, 0.29) is 17.3 Å². The number of hydrogen-bond acceptors (Lipinski definition) is 5. The van der Waals surface area contributed by atoms with Crippen molar-refractivity contribution in [3.05, 3.63) is 80.9 Å². The maximum absolute atomic E-state index is 11.9. The minimum atomic E-state index is -0.784. The van der Waals surface area contributed by atoms with Gasteiger partial charge in [0.15, 0.2) is 6.61 Å². The summed E-state index contributed by atoms with van der Waals surface area (Å²) >= 11 is 6.07. The molecule has 0 bridgehead atoms. The van der Waals surface area contributed by atoms with E-state index in [9.17, 15) is 19.7 Å². The summed E-state index contributed by atoms with van der Waals surface area (Å²) < 4.78 is 4.85. The van der Waals surface area contributed by atoms with Crippen molar-refractivity contribution in [3.8, 4) is 0 Å². The third kappa shape index (κ3) is 5.93. The first-order valence-corrected chi connectivity index (χ1v) is 8.38. The molecule has 0 heterocycles. The van der Waals surface area contributed by atoms with Crippen molar-refractivity contribution in [1.82, 2.24) is 5.32 Å². The van der Waals surface area contributed by atoms with Crippen LogP contribution in [0.4, 0.5) is 5.69 Å². The highest BCUT2D eigenvalue weighted by Crippen LogP contribution is 2.22. The lowest BCUT2D eigenvalue weighted by Crippen LogP contribution is -2.31. The third-order valence-electron chi connectivity index (χ3n) is 3.63. The molecule has 27 heavy (non-hydrogen) atoms. The van der Waals surface area contributed by atoms with Crippen molar-refractivity contribution in [1.29, 1.82) is 0 Å². The largest absolute Gasteiger partial charge is 0.452 e. The lowest BCUT2D eigenvalue weighted by molar-refractivity contribution is -0.385. The number of ether oxygens (including phenoxy) is 1. The maximum Gasteiger partial charge on any atom is 0.331 e. The molecule has 2 aromatic carbocycles. The number of esters is 1. The van der Waals surface area contributed by atoms with Crippen LogP contribution in [-0.2, 0) is 14.3 Å². The first-order chi connectivity index (χ1) is 12.9. The van der Waals surface area contributed by atoms with E-state index in [1.807, 2.05) is 0 Å². The van der Waals surface area contributed by atoms with E-state index in [1.54, 1.807) is 37.3 Å². The van der Waals surface area contributed by atoms with Gasteiger partial charge in [-0.1, -0.05) is 41.9 Å². The molecule has 2 aromatic rings. The molecule has 0 aliphatic heterocycles. The molecule has 0 spiro atoms. The van der Waals surface area contributed by atoms with Crippen LogP contribution in [0.15, 0.2) is 54.6 Å². The van der Waals surface area contributed by atoms with Gasteiger partial charge in [-0.3, -0.25) is 14.9 Å². The highest BCUT2D eigenvalue weighted by atomic mass is 35.5. The third-order valence-corrected chi connectivity index (χ3v) is 3.97. The topological polar surface area (TPSA) is 98.5 Å². The van der Waals surface area contributed by atoms with Gasteiger partial charge in [0.05, 0.1) is 16.5 Å². The molecule has 1 atom stereocenters. The number of nitro benzene ring substituents is 1. The van der Waals surface area contributed by atoms with Gasteiger partial charge in [0.25, 0.3) is 11.6 Å². The molecule has 0 unspecified atom stereocenters. The summed E-state index contributed by atoms with van der Waals surface area (Å²) in [4.78, 5) is 34.0. The fourth-order valence-electron chi connectivity index (χ4n) is 2.32. The molecule has 0 saturated heterocycles. The predicted molar refractivity (Wildman–Crippen MR) is 101 cm³/mol. The van der Waals surface area contributed by atoms with Crippen LogP contribution in [0.25, 0.3) is 6.08 Å². The van der Waals surface area contributed by atoms with Gasteiger partial charge in [-0.15, -0.1) is 0 Å². The molecular weight excluding hydrogens is 372 g/mol. The molecule has 140 valence electrons. The van der Waals surface area contributed by atoms with Crippen molar-refractivity contribution in [2.75, 3.05) is 6.61 Å². The van der Waals surface area contributed by atoms with Gasteiger partial charge in [0.1, 0.15) is 0 Å². The zero-order valence-electron chi connectivity index (χ0n) is 14.4. The molecule has 7 nitrogen and oxygen atoms in total. The highest BCUT2D eigenvalue weighted by molar-refractivity contribution is 6.31. The maximum atomic E-state index is 11.9. The lowest BCUT2D eigenvalue weighted by atomic mass is 10.1. The zero-order valence-corrected chi connectivity index (χ0v) is 15.2. The van der Waals surface area contributed by atoms with Crippen LogP contribution in [0.1, 0.15) is 24.1 Å². The summed E-state index contributed by atoms with van der Waals surface area (Å²) in [7, 11) is 0. The van der Waals surface area contributed by atoms with Crippen LogP contribution in [0, 0.1) is 10.1 Å². The quantitative estimate of drug-likeness (QED) is 0.337. The Morgan fingerprint density at radius 1 is 1.22 bits per heavy atom. The van der Waals surface area contributed by atoms with Crippen molar-refractivity contribution in [2.24, 2.45) is 0 Å². The number of nitro groups is 1. The smallest absolute Gasteiger partial charge is 0.331 e. The van der Waals surface area contributed by atoms with E-state index in [1.165, 1.54) is 24.3 Å². The number of hydrogen-bond donors (Lipinski definition) is 1. The summed E-state index contributed by atoms with van der Waals surface area (Å²) in [5.74, 6) is -1.27. The molecule has 1 amide bonds. The number of halogens is 1. The van der Waals surface area contributed by atoms with E-state index in [4.69, 9.17) is 16.3 Å². The molecule has 2 rings (SSSR count). The lowest BCUT2D eigenvalue weighted by Gasteiger charge is -2.15. The fraction of sp³-hybridized carbons (Fsp3) is 0.158. The Balaban J connectivity index is 1.87. The summed E-state index contributed by atoms with van der Waals surface area (Å²) in [6.45, 7) is 1.28. The minimum Gasteiger partial charge on any atom is -0.452 e. The second kappa shape index (κ2) is 9.49. The minimum absolute atomic E-state index is 0.132.